The number of nitrogen functional groups attached to an aromatic ring is 1. The van der Waals surface area contributed by atoms with E-state index in [4.69, 9.17) is 5.73 Å². The van der Waals surface area contributed by atoms with E-state index in [1.165, 1.54) is 12.6 Å². The maximum atomic E-state index is 11.7. The van der Waals surface area contributed by atoms with Gasteiger partial charge >= 0.3 is 0 Å². The van der Waals surface area contributed by atoms with E-state index in [0.29, 0.717) is 17.2 Å². The van der Waals surface area contributed by atoms with Crippen LogP contribution in [0.2, 0.25) is 0 Å². The van der Waals surface area contributed by atoms with Crippen molar-refractivity contribution in [2.24, 2.45) is 11.8 Å². The van der Waals surface area contributed by atoms with E-state index in [1.807, 2.05) is 0 Å². The minimum absolute atomic E-state index is 0.103. The smallest absolute Gasteiger partial charge is 0.253 e. The molecule has 4 heteroatoms. The number of rotatable bonds is 3. The third-order valence-corrected chi connectivity index (χ3v) is 2.90. The highest BCUT2D eigenvalue weighted by molar-refractivity contribution is 5.98. The molecule has 1 aliphatic carbocycles. The number of amides is 1. The molecule has 2 rings (SSSR count). The molecule has 0 radical (unpaired) electrons. The molecule has 1 aliphatic rings. The van der Waals surface area contributed by atoms with Crippen molar-refractivity contribution in [2.75, 3.05) is 12.3 Å². The first-order valence-corrected chi connectivity index (χ1v) is 5.16. The second-order valence-corrected chi connectivity index (χ2v) is 4.15. The number of pyridine rings is 1. The largest absolute Gasteiger partial charge is 0.397 e. The molecule has 0 aromatic carbocycles. The van der Waals surface area contributed by atoms with Gasteiger partial charge in [0.05, 0.1) is 17.4 Å². The second-order valence-electron chi connectivity index (χ2n) is 4.15. The van der Waals surface area contributed by atoms with Crippen molar-refractivity contribution in [1.82, 2.24) is 10.3 Å². The number of nitrogens with zero attached hydrogens (tertiary/aromatic N) is 1. The van der Waals surface area contributed by atoms with Gasteiger partial charge in [-0.15, -0.1) is 0 Å². The fraction of sp³-hybridized carbons (Fsp3) is 0.455. The third kappa shape index (κ3) is 2.26. The summed E-state index contributed by atoms with van der Waals surface area (Å²) in [4.78, 5) is 15.5. The van der Waals surface area contributed by atoms with Gasteiger partial charge in [-0.05, 0) is 24.3 Å². The first kappa shape index (κ1) is 9.96. The summed E-state index contributed by atoms with van der Waals surface area (Å²) in [6, 6.07) is 1.64. The summed E-state index contributed by atoms with van der Waals surface area (Å²) in [7, 11) is 0. The number of carbonyl (C=O) groups is 1. The molecule has 0 spiro atoms. The quantitative estimate of drug-likeness (QED) is 0.775. The Morgan fingerprint density at radius 3 is 3.07 bits per heavy atom. The van der Waals surface area contributed by atoms with Crippen molar-refractivity contribution in [3.63, 3.8) is 0 Å². The molecule has 80 valence electrons. The van der Waals surface area contributed by atoms with Crippen LogP contribution in [0.15, 0.2) is 18.5 Å². The molecule has 0 saturated heterocycles. The predicted octanol–water partition coefficient (Wildman–Crippen LogP) is 1.05. The van der Waals surface area contributed by atoms with Crippen molar-refractivity contribution < 1.29 is 4.79 Å². The lowest BCUT2D eigenvalue weighted by atomic mass is 10.2. The van der Waals surface area contributed by atoms with Gasteiger partial charge in [0, 0.05) is 12.7 Å². The number of aromatic nitrogens is 1. The van der Waals surface area contributed by atoms with E-state index in [9.17, 15) is 4.79 Å². The number of anilines is 1. The molecular weight excluding hydrogens is 190 g/mol. The first-order chi connectivity index (χ1) is 7.18. The Bertz CT molecular complexity index is 378. The van der Waals surface area contributed by atoms with Crippen LogP contribution in [0.3, 0.4) is 0 Å². The molecule has 1 saturated carbocycles. The Hall–Kier alpha value is -1.58. The van der Waals surface area contributed by atoms with Gasteiger partial charge in [-0.25, -0.2) is 0 Å². The van der Waals surface area contributed by atoms with Gasteiger partial charge in [-0.3, -0.25) is 9.78 Å². The predicted molar refractivity (Wildman–Crippen MR) is 58.3 cm³/mol. The van der Waals surface area contributed by atoms with Gasteiger partial charge in [0.1, 0.15) is 0 Å². The van der Waals surface area contributed by atoms with Crippen LogP contribution in [0.4, 0.5) is 5.69 Å². The highest BCUT2D eigenvalue weighted by Crippen LogP contribution is 2.36. The third-order valence-electron chi connectivity index (χ3n) is 2.90. The highest BCUT2D eigenvalue weighted by atomic mass is 16.1. The zero-order chi connectivity index (χ0) is 10.8. The molecule has 15 heavy (non-hydrogen) atoms. The topological polar surface area (TPSA) is 68.0 Å². The molecule has 1 aromatic heterocycles. The molecule has 1 aromatic rings. The van der Waals surface area contributed by atoms with E-state index >= 15 is 0 Å². The number of nitrogens with two attached hydrogens (primary N) is 1. The van der Waals surface area contributed by atoms with E-state index < -0.39 is 0 Å². The molecule has 1 fully saturated rings. The van der Waals surface area contributed by atoms with Crippen LogP contribution in [0, 0.1) is 11.8 Å². The van der Waals surface area contributed by atoms with Crippen LogP contribution in [-0.4, -0.2) is 17.4 Å². The van der Waals surface area contributed by atoms with Gasteiger partial charge in [0.15, 0.2) is 0 Å². The monoisotopic (exact) mass is 205 g/mol. The number of hydrogen-bond acceptors (Lipinski definition) is 3. The van der Waals surface area contributed by atoms with Gasteiger partial charge in [-0.1, -0.05) is 6.92 Å². The Kier molecular flexibility index (Phi) is 2.58. The van der Waals surface area contributed by atoms with Crippen LogP contribution in [0.25, 0.3) is 0 Å². The highest BCUT2D eigenvalue weighted by Gasteiger charge is 2.32. The van der Waals surface area contributed by atoms with Gasteiger partial charge in [0.25, 0.3) is 5.91 Å². The number of hydrogen-bond donors (Lipinski definition) is 2. The fourth-order valence-corrected chi connectivity index (χ4v) is 1.62. The Morgan fingerprint density at radius 2 is 2.47 bits per heavy atom. The van der Waals surface area contributed by atoms with Crippen molar-refractivity contribution in [3.05, 3.63) is 24.0 Å². The summed E-state index contributed by atoms with van der Waals surface area (Å²) >= 11 is 0. The zero-order valence-corrected chi connectivity index (χ0v) is 8.73. The fourth-order valence-electron chi connectivity index (χ4n) is 1.62. The molecule has 2 unspecified atom stereocenters. The molecule has 1 amide bonds. The van der Waals surface area contributed by atoms with Crippen molar-refractivity contribution in [2.45, 2.75) is 13.3 Å². The SMILES string of the molecule is CC1CC1CNC(=O)c1ccncc1N. The van der Waals surface area contributed by atoms with Crippen LogP contribution >= 0.6 is 0 Å². The molecule has 1 heterocycles. The molecule has 2 atom stereocenters. The van der Waals surface area contributed by atoms with Crippen LogP contribution in [0.1, 0.15) is 23.7 Å². The van der Waals surface area contributed by atoms with Gasteiger partial charge in [0.2, 0.25) is 0 Å². The maximum absolute atomic E-state index is 11.7. The van der Waals surface area contributed by atoms with Crippen molar-refractivity contribution in [3.8, 4) is 0 Å². The Morgan fingerprint density at radius 1 is 1.73 bits per heavy atom. The van der Waals surface area contributed by atoms with Gasteiger partial charge in [-0.2, -0.15) is 0 Å². The summed E-state index contributed by atoms with van der Waals surface area (Å²) in [5.74, 6) is 1.30. The molecule has 4 nitrogen and oxygen atoms in total. The molecule has 3 N–H and O–H groups in total. The van der Waals surface area contributed by atoms with E-state index in [-0.39, 0.29) is 5.91 Å². The van der Waals surface area contributed by atoms with E-state index in [1.54, 1.807) is 12.3 Å². The summed E-state index contributed by atoms with van der Waals surface area (Å²) in [6.45, 7) is 2.94. The Labute approximate surface area is 88.9 Å². The lowest BCUT2D eigenvalue weighted by molar-refractivity contribution is 0.0952. The second kappa shape index (κ2) is 3.88. The lowest BCUT2D eigenvalue weighted by Gasteiger charge is -2.05. The van der Waals surface area contributed by atoms with Crippen LogP contribution < -0.4 is 11.1 Å². The summed E-state index contributed by atoms with van der Waals surface area (Å²) in [5, 5.41) is 2.89. The van der Waals surface area contributed by atoms with E-state index in [0.717, 1.165) is 12.5 Å². The average Bonchev–Trinajstić information content (AvgIpc) is 2.92. The minimum Gasteiger partial charge on any atom is -0.397 e. The average molecular weight is 205 g/mol. The van der Waals surface area contributed by atoms with Crippen LogP contribution in [-0.2, 0) is 0 Å². The zero-order valence-electron chi connectivity index (χ0n) is 8.73. The molecular formula is C11H15N3O. The van der Waals surface area contributed by atoms with E-state index in [2.05, 4.69) is 17.2 Å². The summed E-state index contributed by atoms with van der Waals surface area (Å²) < 4.78 is 0. The standard InChI is InChI=1S/C11H15N3O/c1-7-4-8(7)5-14-11(15)9-2-3-13-6-10(9)12/h2-3,6-8H,4-5,12H2,1H3,(H,14,15). The van der Waals surface area contributed by atoms with Crippen LogP contribution in [0.5, 0.6) is 0 Å². The lowest BCUT2D eigenvalue weighted by Crippen LogP contribution is -2.26. The molecule has 0 aliphatic heterocycles. The summed E-state index contributed by atoms with van der Waals surface area (Å²) in [6.07, 6.45) is 4.28. The normalized spacial score (nSPS) is 23.5. The first-order valence-electron chi connectivity index (χ1n) is 5.16. The number of carbonyl (C=O) groups excluding carboxylic acids is 1. The minimum atomic E-state index is -0.103. The Balaban J connectivity index is 1.93. The summed E-state index contributed by atoms with van der Waals surface area (Å²) in [5.41, 5.74) is 6.59. The van der Waals surface area contributed by atoms with Gasteiger partial charge < -0.3 is 11.1 Å². The van der Waals surface area contributed by atoms with Crippen molar-refractivity contribution >= 4 is 11.6 Å². The van der Waals surface area contributed by atoms with Crippen molar-refractivity contribution in [1.29, 1.82) is 0 Å². The maximum Gasteiger partial charge on any atom is 0.253 e. The molecule has 0 bridgehead atoms. The number of nitrogens with one attached hydrogen (secondary N) is 1.